The Labute approximate surface area is 227 Å². The summed E-state index contributed by atoms with van der Waals surface area (Å²) in [7, 11) is 0. The summed E-state index contributed by atoms with van der Waals surface area (Å²) >= 11 is 7.09. The van der Waals surface area contributed by atoms with Crippen LogP contribution in [0.25, 0.3) is 0 Å². The molecule has 0 aliphatic carbocycles. The van der Waals surface area contributed by atoms with Gasteiger partial charge < -0.3 is 9.47 Å². The van der Waals surface area contributed by atoms with E-state index in [4.69, 9.17) is 9.47 Å². The van der Waals surface area contributed by atoms with Gasteiger partial charge in [-0.1, -0.05) is 55.8 Å². The van der Waals surface area contributed by atoms with E-state index in [0.29, 0.717) is 33.9 Å². The number of ketones is 1. The molecule has 0 saturated heterocycles. The predicted molar refractivity (Wildman–Crippen MR) is 148 cm³/mol. The Kier molecular flexibility index (Phi) is 8.27. The van der Waals surface area contributed by atoms with Crippen molar-refractivity contribution < 1.29 is 18.7 Å². The van der Waals surface area contributed by atoms with Gasteiger partial charge in [-0.2, -0.15) is 0 Å². The van der Waals surface area contributed by atoms with E-state index in [-0.39, 0.29) is 24.1 Å². The van der Waals surface area contributed by atoms with Crippen LogP contribution in [0.4, 0.5) is 4.39 Å². The molecule has 0 unspecified atom stereocenters. The number of hydrogen-bond donors (Lipinski definition) is 0. The minimum atomic E-state index is -0.321. The van der Waals surface area contributed by atoms with E-state index < -0.39 is 0 Å². The maximum atomic E-state index is 13.7. The molecular formula is C30H25Br2FO3. The summed E-state index contributed by atoms with van der Waals surface area (Å²) in [6.07, 6.45) is 0. The highest BCUT2D eigenvalue weighted by Crippen LogP contribution is 2.41. The van der Waals surface area contributed by atoms with Gasteiger partial charge in [-0.3, -0.25) is 4.79 Å². The third kappa shape index (κ3) is 6.05. The standard InChI is InChI=1S/C30H25Br2FO3/c1-18(2)23-15-28(36-30-25(31)11-6-12-26(30)32)24(29(34)21-9-4-7-19(3)13-21)16-27(23)35-17-20-8-5-10-22(33)14-20/h4-16,18H,17H2,1-3H3. The van der Waals surface area contributed by atoms with E-state index in [0.717, 1.165) is 20.1 Å². The lowest BCUT2D eigenvalue weighted by atomic mass is 9.95. The van der Waals surface area contributed by atoms with Crippen LogP contribution >= 0.6 is 31.9 Å². The van der Waals surface area contributed by atoms with Gasteiger partial charge in [-0.05, 0) is 92.7 Å². The first-order chi connectivity index (χ1) is 17.2. The van der Waals surface area contributed by atoms with E-state index >= 15 is 0 Å². The zero-order valence-corrected chi connectivity index (χ0v) is 23.3. The Balaban J connectivity index is 1.82. The number of carbonyl (C=O) groups excluding carboxylic acids is 1. The fourth-order valence-electron chi connectivity index (χ4n) is 3.83. The maximum absolute atomic E-state index is 13.7. The van der Waals surface area contributed by atoms with E-state index in [1.165, 1.54) is 12.1 Å². The normalized spacial score (nSPS) is 11.0. The number of hydrogen-bond acceptors (Lipinski definition) is 3. The molecule has 4 aromatic rings. The summed E-state index contributed by atoms with van der Waals surface area (Å²) in [5, 5.41) is 0. The van der Waals surface area contributed by atoms with Gasteiger partial charge >= 0.3 is 0 Å². The van der Waals surface area contributed by atoms with Crippen molar-refractivity contribution in [3.8, 4) is 17.2 Å². The smallest absolute Gasteiger partial charge is 0.196 e. The van der Waals surface area contributed by atoms with Crippen LogP contribution in [0.2, 0.25) is 0 Å². The molecule has 4 rings (SSSR count). The molecule has 0 radical (unpaired) electrons. The van der Waals surface area contributed by atoms with Crippen molar-refractivity contribution in [2.45, 2.75) is 33.3 Å². The molecule has 0 aliphatic heterocycles. The summed E-state index contributed by atoms with van der Waals surface area (Å²) in [5.41, 5.74) is 3.50. The van der Waals surface area contributed by atoms with Gasteiger partial charge in [0.1, 0.15) is 23.9 Å². The molecule has 4 aromatic carbocycles. The van der Waals surface area contributed by atoms with E-state index in [1.54, 1.807) is 24.3 Å². The first-order valence-electron chi connectivity index (χ1n) is 11.5. The van der Waals surface area contributed by atoms with Crippen molar-refractivity contribution >= 4 is 37.6 Å². The number of aryl methyl sites for hydroxylation is 1. The lowest BCUT2D eigenvalue weighted by Crippen LogP contribution is -2.08. The molecule has 184 valence electrons. The fraction of sp³-hybridized carbons (Fsp3) is 0.167. The van der Waals surface area contributed by atoms with Gasteiger partial charge in [0.15, 0.2) is 11.5 Å². The second-order valence-electron chi connectivity index (χ2n) is 8.81. The number of para-hydroxylation sites is 1. The average molecular weight is 612 g/mol. The molecule has 3 nitrogen and oxygen atoms in total. The third-order valence-electron chi connectivity index (χ3n) is 5.67. The quantitative estimate of drug-likeness (QED) is 0.186. The second-order valence-corrected chi connectivity index (χ2v) is 10.5. The summed E-state index contributed by atoms with van der Waals surface area (Å²) in [5.74, 6) is 1.14. The summed E-state index contributed by atoms with van der Waals surface area (Å²) in [4.78, 5) is 13.7. The van der Waals surface area contributed by atoms with E-state index in [9.17, 15) is 9.18 Å². The lowest BCUT2D eigenvalue weighted by Gasteiger charge is -2.20. The molecule has 0 N–H and O–H groups in total. The Bertz CT molecular complexity index is 1400. The van der Waals surface area contributed by atoms with E-state index in [1.807, 2.05) is 63.2 Å². The molecule has 6 heteroatoms. The Morgan fingerprint density at radius 3 is 2.25 bits per heavy atom. The predicted octanol–water partition coefficient (Wildman–Crippen LogP) is 9.38. The Morgan fingerprint density at radius 1 is 0.889 bits per heavy atom. The number of benzene rings is 4. The number of rotatable bonds is 8. The van der Waals surface area contributed by atoms with Crippen LogP contribution in [0.15, 0.2) is 87.8 Å². The summed E-state index contributed by atoms with van der Waals surface area (Å²) in [6.45, 7) is 6.21. The Morgan fingerprint density at radius 2 is 1.58 bits per heavy atom. The van der Waals surface area contributed by atoms with Crippen molar-refractivity contribution in [2.75, 3.05) is 0 Å². The minimum absolute atomic E-state index is 0.0839. The highest BCUT2D eigenvalue weighted by molar-refractivity contribution is 9.11. The number of ether oxygens (including phenoxy) is 2. The SMILES string of the molecule is Cc1cccc(C(=O)c2cc(OCc3cccc(F)c3)c(C(C)C)cc2Oc2c(Br)cccc2Br)c1. The van der Waals surface area contributed by atoms with Crippen LogP contribution in [0.5, 0.6) is 17.2 Å². The van der Waals surface area contributed by atoms with Gasteiger partial charge in [0.25, 0.3) is 0 Å². The van der Waals surface area contributed by atoms with Crippen LogP contribution in [0.1, 0.15) is 52.4 Å². The van der Waals surface area contributed by atoms with Gasteiger partial charge in [0.2, 0.25) is 0 Å². The molecule has 0 aliphatic rings. The third-order valence-corrected chi connectivity index (χ3v) is 6.92. The maximum Gasteiger partial charge on any atom is 0.196 e. The molecule has 0 amide bonds. The summed E-state index contributed by atoms with van der Waals surface area (Å²) < 4.78 is 27.7. The summed E-state index contributed by atoms with van der Waals surface area (Å²) in [6, 6.07) is 23.0. The molecule has 0 spiro atoms. The van der Waals surface area contributed by atoms with Crippen LogP contribution in [0, 0.1) is 12.7 Å². The highest BCUT2D eigenvalue weighted by Gasteiger charge is 2.22. The van der Waals surface area contributed by atoms with Gasteiger partial charge in [-0.25, -0.2) is 4.39 Å². The highest BCUT2D eigenvalue weighted by atomic mass is 79.9. The largest absolute Gasteiger partial charge is 0.489 e. The molecule has 0 saturated carbocycles. The van der Waals surface area contributed by atoms with E-state index in [2.05, 4.69) is 31.9 Å². The van der Waals surface area contributed by atoms with Gasteiger partial charge in [0, 0.05) is 11.1 Å². The number of halogens is 3. The zero-order valence-electron chi connectivity index (χ0n) is 20.1. The Hall–Kier alpha value is -2.96. The molecular weight excluding hydrogens is 587 g/mol. The monoisotopic (exact) mass is 610 g/mol. The lowest BCUT2D eigenvalue weighted by molar-refractivity contribution is 0.103. The zero-order chi connectivity index (χ0) is 25.8. The van der Waals surface area contributed by atoms with Crippen molar-refractivity contribution in [1.29, 1.82) is 0 Å². The van der Waals surface area contributed by atoms with Crippen LogP contribution in [0.3, 0.4) is 0 Å². The van der Waals surface area contributed by atoms with Crippen LogP contribution in [-0.4, -0.2) is 5.78 Å². The van der Waals surface area contributed by atoms with Crippen LogP contribution < -0.4 is 9.47 Å². The van der Waals surface area contributed by atoms with Crippen molar-refractivity contribution in [2.24, 2.45) is 0 Å². The molecule has 0 fully saturated rings. The fourth-order valence-corrected chi connectivity index (χ4v) is 4.99. The first kappa shape index (κ1) is 26.1. The molecule has 0 heterocycles. The van der Waals surface area contributed by atoms with Gasteiger partial charge in [-0.15, -0.1) is 0 Å². The topological polar surface area (TPSA) is 35.5 Å². The van der Waals surface area contributed by atoms with Crippen molar-refractivity contribution in [3.05, 3.63) is 121 Å². The average Bonchev–Trinajstić information content (AvgIpc) is 2.84. The van der Waals surface area contributed by atoms with Crippen LogP contribution in [-0.2, 0) is 6.61 Å². The molecule has 0 atom stereocenters. The van der Waals surface area contributed by atoms with Crippen molar-refractivity contribution in [1.82, 2.24) is 0 Å². The molecule has 0 aromatic heterocycles. The molecule has 0 bridgehead atoms. The molecule has 36 heavy (non-hydrogen) atoms. The first-order valence-corrected chi connectivity index (χ1v) is 13.1. The second kappa shape index (κ2) is 11.4. The number of carbonyl (C=O) groups is 1. The van der Waals surface area contributed by atoms with Gasteiger partial charge in [0.05, 0.1) is 14.5 Å². The van der Waals surface area contributed by atoms with Crippen molar-refractivity contribution in [3.63, 3.8) is 0 Å². The minimum Gasteiger partial charge on any atom is -0.489 e.